The second-order valence-corrected chi connectivity index (χ2v) is 3.57. The lowest BCUT2D eigenvalue weighted by Gasteiger charge is -2.14. The van der Waals surface area contributed by atoms with E-state index < -0.39 is 0 Å². The van der Waals surface area contributed by atoms with Gasteiger partial charge >= 0.3 is 0 Å². The van der Waals surface area contributed by atoms with Crippen molar-refractivity contribution in [3.8, 4) is 0 Å². The van der Waals surface area contributed by atoms with Crippen LogP contribution in [-0.4, -0.2) is 0 Å². The predicted molar refractivity (Wildman–Crippen MR) is 59.1 cm³/mol. The number of hydrogen-bond donors (Lipinski definition) is 1. The van der Waals surface area contributed by atoms with Gasteiger partial charge in [-0.05, 0) is 55.0 Å². The van der Waals surface area contributed by atoms with E-state index in [-0.39, 0.29) is 0 Å². The Labute approximate surface area is 81.0 Å². The molecule has 0 fully saturated rings. The molecule has 0 aliphatic carbocycles. The average Bonchev–Trinajstić information content (AvgIpc) is 2.04. The molecule has 1 nitrogen and oxygen atoms in total. The van der Waals surface area contributed by atoms with Crippen LogP contribution < -0.4 is 5.73 Å². The molecular weight excluding hydrogens is 158 g/mol. The highest BCUT2D eigenvalue weighted by Crippen LogP contribution is 2.25. The largest absolute Gasteiger partial charge is 0.398 e. The Kier molecular flexibility index (Phi) is 2.97. The maximum Gasteiger partial charge on any atom is 0.0351 e. The fraction of sp³-hybridized carbons (Fsp3) is 0.500. The molecule has 0 bridgehead atoms. The van der Waals surface area contributed by atoms with Gasteiger partial charge < -0.3 is 5.73 Å². The van der Waals surface area contributed by atoms with Gasteiger partial charge in [0.05, 0.1) is 0 Å². The van der Waals surface area contributed by atoms with Crippen molar-refractivity contribution in [3.63, 3.8) is 0 Å². The highest BCUT2D eigenvalue weighted by atomic mass is 14.6. The summed E-state index contributed by atoms with van der Waals surface area (Å²) in [6.07, 6.45) is 2.13. The van der Waals surface area contributed by atoms with E-state index in [1.54, 1.807) is 0 Å². The molecule has 1 rings (SSSR count). The van der Waals surface area contributed by atoms with E-state index in [1.165, 1.54) is 22.3 Å². The van der Waals surface area contributed by atoms with Gasteiger partial charge in [-0.3, -0.25) is 0 Å². The molecule has 0 amide bonds. The first-order valence-corrected chi connectivity index (χ1v) is 4.99. The standard InChI is InChI=1S/C12H19N/c1-5-10-8(3)7-12(13)11(6-2)9(10)4/h7H,5-6,13H2,1-4H3. The third kappa shape index (κ3) is 1.69. The number of rotatable bonds is 2. The van der Waals surface area contributed by atoms with Gasteiger partial charge in [0, 0.05) is 5.69 Å². The fourth-order valence-corrected chi connectivity index (χ4v) is 2.12. The molecule has 0 saturated heterocycles. The minimum Gasteiger partial charge on any atom is -0.398 e. The molecule has 1 aromatic carbocycles. The van der Waals surface area contributed by atoms with Gasteiger partial charge in [0.1, 0.15) is 0 Å². The van der Waals surface area contributed by atoms with Crippen LogP contribution >= 0.6 is 0 Å². The van der Waals surface area contributed by atoms with Gasteiger partial charge in [-0.15, -0.1) is 0 Å². The van der Waals surface area contributed by atoms with Crippen LogP contribution in [0.1, 0.15) is 36.1 Å². The molecule has 0 aromatic heterocycles. The monoisotopic (exact) mass is 177 g/mol. The van der Waals surface area contributed by atoms with Crippen LogP contribution in [0.15, 0.2) is 6.07 Å². The molecule has 13 heavy (non-hydrogen) atoms. The van der Waals surface area contributed by atoms with Crippen molar-refractivity contribution in [1.82, 2.24) is 0 Å². The second kappa shape index (κ2) is 3.82. The molecule has 0 unspecified atom stereocenters. The molecule has 2 N–H and O–H groups in total. The first kappa shape index (κ1) is 10.1. The van der Waals surface area contributed by atoms with Crippen LogP contribution in [0.4, 0.5) is 5.69 Å². The van der Waals surface area contributed by atoms with Gasteiger partial charge in [0.25, 0.3) is 0 Å². The highest BCUT2D eigenvalue weighted by molar-refractivity contribution is 5.56. The van der Waals surface area contributed by atoms with Crippen molar-refractivity contribution < 1.29 is 0 Å². The Morgan fingerprint density at radius 2 is 1.62 bits per heavy atom. The summed E-state index contributed by atoms with van der Waals surface area (Å²) in [6, 6.07) is 2.10. The smallest absolute Gasteiger partial charge is 0.0351 e. The van der Waals surface area contributed by atoms with E-state index in [0.717, 1.165) is 18.5 Å². The quantitative estimate of drug-likeness (QED) is 0.690. The Balaban J connectivity index is 3.39. The van der Waals surface area contributed by atoms with Crippen molar-refractivity contribution >= 4 is 5.69 Å². The summed E-state index contributed by atoms with van der Waals surface area (Å²) in [5.74, 6) is 0. The summed E-state index contributed by atoms with van der Waals surface area (Å²) in [5, 5.41) is 0. The van der Waals surface area contributed by atoms with Crippen molar-refractivity contribution in [3.05, 3.63) is 28.3 Å². The van der Waals surface area contributed by atoms with Crippen LogP contribution in [0.2, 0.25) is 0 Å². The van der Waals surface area contributed by atoms with Gasteiger partial charge in [-0.25, -0.2) is 0 Å². The van der Waals surface area contributed by atoms with Crippen LogP contribution in [0.25, 0.3) is 0 Å². The zero-order valence-electron chi connectivity index (χ0n) is 9.07. The zero-order valence-corrected chi connectivity index (χ0v) is 9.07. The van der Waals surface area contributed by atoms with Crippen LogP contribution in [0.3, 0.4) is 0 Å². The summed E-state index contributed by atoms with van der Waals surface area (Å²) in [5.41, 5.74) is 12.4. The van der Waals surface area contributed by atoms with E-state index in [9.17, 15) is 0 Å². The molecule has 0 saturated carbocycles. The van der Waals surface area contributed by atoms with Crippen LogP contribution in [0, 0.1) is 13.8 Å². The Morgan fingerprint density at radius 1 is 1.08 bits per heavy atom. The fourth-order valence-electron chi connectivity index (χ4n) is 2.12. The second-order valence-electron chi connectivity index (χ2n) is 3.57. The molecular formula is C12H19N. The van der Waals surface area contributed by atoms with E-state index in [2.05, 4.69) is 33.8 Å². The topological polar surface area (TPSA) is 26.0 Å². The average molecular weight is 177 g/mol. The van der Waals surface area contributed by atoms with Crippen LogP contribution in [0.5, 0.6) is 0 Å². The molecule has 0 radical (unpaired) electrons. The highest BCUT2D eigenvalue weighted by Gasteiger charge is 2.07. The lowest BCUT2D eigenvalue weighted by atomic mass is 9.93. The molecule has 0 heterocycles. The normalized spacial score (nSPS) is 10.5. The molecule has 1 aromatic rings. The maximum absolute atomic E-state index is 5.96. The Bertz CT molecular complexity index is 285. The van der Waals surface area contributed by atoms with Crippen molar-refractivity contribution in [2.75, 3.05) is 5.73 Å². The number of aryl methyl sites for hydroxylation is 1. The first-order chi connectivity index (χ1) is 6.11. The predicted octanol–water partition coefficient (Wildman–Crippen LogP) is 3.01. The third-order valence-corrected chi connectivity index (χ3v) is 2.81. The maximum atomic E-state index is 5.96. The van der Waals surface area contributed by atoms with E-state index in [4.69, 9.17) is 5.73 Å². The van der Waals surface area contributed by atoms with Crippen LogP contribution in [-0.2, 0) is 12.8 Å². The minimum atomic E-state index is 0.953. The number of nitrogens with two attached hydrogens (primary N) is 1. The third-order valence-electron chi connectivity index (χ3n) is 2.81. The molecule has 72 valence electrons. The van der Waals surface area contributed by atoms with Crippen molar-refractivity contribution in [2.45, 2.75) is 40.5 Å². The van der Waals surface area contributed by atoms with Crippen molar-refractivity contribution in [1.29, 1.82) is 0 Å². The van der Waals surface area contributed by atoms with Gasteiger partial charge in [-0.2, -0.15) is 0 Å². The number of nitrogen functional groups attached to an aromatic ring is 1. The summed E-state index contributed by atoms with van der Waals surface area (Å²) in [4.78, 5) is 0. The van der Waals surface area contributed by atoms with E-state index in [0.29, 0.717) is 0 Å². The lowest BCUT2D eigenvalue weighted by Crippen LogP contribution is -2.02. The SMILES string of the molecule is CCc1c(C)cc(N)c(CC)c1C. The Hall–Kier alpha value is -0.980. The summed E-state index contributed by atoms with van der Waals surface area (Å²) >= 11 is 0. The summed E-state index contributed by atoms with van der Waals surface area (Å²) in [6.45, 7) is 8.68. The minimum absolute atomic E-state index is 0.953. The van der Waals surface area contributed by atoms with E-state index >= 15 is 0 Å². The van der Waals surface area contributed by atoms with Gasteiger partial charge in [0.2, 0.25) is 0 Å². The molecule has 0 aliphatic heterocycles. The number of anilines is 1. The molecule has 0 aliphatic rings. The van der Waals surface area contributed by atoms with Crippen molar-refractivity contribution in [2.24, 2.45) is 0 Å². The number of benzene rings is 1. The lowest BCUT2D eigenvalue weighted by molar-refractivity contribution is 1.03. The number of hydrogen-bond acceptors (Lipinski definition) is 1. The van der Waals surface area contributed by atoms with Gasteiger partial charge in [0.15, 0.2) is 0 Å². The van der Waals surface area contributed by atoms with Gasteiger partial charge in [-0.1, -0.05) is 13.8 Å². The zero-order chi connectivity index (χ0) is 10.0. The van der Waals surface area contributed by atoms with E-state index in [1.807, 2.05) is 0 Å². The first-order valence-electron chi connectivity index (χ1n) is 4.99. The Morgan fingerprint density at radius 3 is 2.08 bits per heavy atom. The molecule has 0 atom stereocenters. The molecule has 1 heteroatoms. The summed E-state index contributed by atoms with van der Waals surface area (Å²) < 4.78 is 0. The molecule has 0 spiro atoms. The summed E-state index contributed by atoms with van der Waals surface area (Å²) in [7, 11) is 0.